The van der Waals surface area contributed by atoms with E-state index in [9.17, 15) is 9.59 Å². The average Bonchev–Trinajstić information content (AvgIpc) is 3.29. The second kappa shape index (κ2) is 10.6. The van der Waals surface area contributed by atoms with Crippen molar-refractivity contribution in [2.45, 2.75) is 46.5 Å². The Hall–Kier alpha value is -3.94. The molecule has 0 saturated carbocycles. The van der Waals surface area contributed by atoms with Gasteiger partial charge in [0.1, 0.15) is 5.82 Å². The Morgan fingerprint density at radius 1 is 0.892 bits per heavy atom. The standard InChI is InChI=1S/C29H34N6O2/c1-19-7-12-25(15-20(19)2)35-18-22(17-27(35)36)28(37)32-24-10-8-23(9-11-24)31-26-16-21(3)30-29(33-26)34-13-5-4-6-14-34/h7-12,15-16,22H,4-6,13-14,17-18H2,1-3H3,(H,32,37)(H,30,31,33). The summed E-state index contributed by atoms with van der Waals surface area (Å²) in [6.45, 7) is 8.43. The first-order chi connectivity index (χ1) is 17.9. The molecular formula is C29H34N6O2. The zero-order chi connectivity index (χ0) is 25.9. The summed E-state index contributed by atoms with van der Waals surface area (Å²) in [5.41, 5.74) is 5.65. The van der Waals surface area contributed by atoms with E-state index in [1.54, 1.807) is 4.90 Å². The van der Waals surface area contributed by atoms with Gasteiger partial charge in [-0.25, -0.2) is 4.98 Å². The monoisotopic (exact) mass is 498 g/mol. The number of nitrogens with zero attached hydrogens (tertiary/aromatic N) is 4. The number of carbonyl (C=O) groups is 2. The minimum atomic E-state index is -0.385. The number of piperidine rings is 1. The molecule has 2 aliphatic rings. The Labute approximate surface area is 218 Å². The van der Waals surface area contributed by atoms with E-state index in [4.69, 9.17) is 4.98 Å². The van der Waals surface area contributed by atoms with E-state index in [2.05, 4.69) is 20.5 Å². The molecule has 2 aliphatic heterocycles. The number of amides is 2. The van der Waals surface area contributed by atoms with E-state index in [1.807, 2.05) is 69.3 Å². The van der Waals surface area contributed by atoms with Gasteiger partial charge in [0.05, 0.1) is 5.92 Å². The lowest BCUT2D eigenvalue weighted by Gasteiger charge is -2.27. The topological polar surface area (TPSA) is 90.5 Å². The highest BCUT2D eigenvalue weighted by Gasteiger charge is 2.35. The van der Waals surface area contributed by atoms with Crippen molar-refractivity contribution in [3.8, 4) is 0 Å². The van der Waals surface area contributed by atoms with Crippen molar-refractivity contribution in [3.05, 3.63) is 65.4 Å². The van der Waals surface area contributed by atoms with Crippen LogP contribution >= 0.6 is 0 Å². The van der Waals surface area contributed by atoms with Crippen molar-refractivity contribution in [1.29, 1.82) is 0 Å². The highest BCUT2D eigenvalue weighted by Crippen LogP contribution is 2.28. The fourth-order valence-electron chi connectivity index (χ4n) is 4.91. The van der Waals surface area contributed by atoms with Crippen molar-refractivity contribution in [2.24, 2.45) is 5.92 Å². The van der Waals surface area contributed by atoms with E-state index in [0.29, 0.717) is 12.2 Å². The summed E-state index contributed by atoms with van der Waals surface area (Å²) in [6, 6.07) is 15.4. The SMILES string of the molecule is Cc1cc(Nc2ccc(NC(=O)C3CC(=O)N(c4ccc(C)c(C)c4)C3)cc2)nc(N2CCCCC2)n1. The van der Waals surface area contributed by atoms with Gasteiger partial charge in [0.25, 0.3) is 0 Å². The molecule has 1 aromatic heterocycles. The Morgan fingerprint density at radius 3 is 2.35 bits per heavy atom. The van der Waals surface area contributed by atoms with Crippen LogP contribution in [0.1, 0.15) is 42.5 Å². The second-order valence-corrected chi connectivity index (χ2v) is 10.1. The molecule has 8 heteroatoms. The molecule has 2 fully saturated rings. The molecule has 192 valence electrons. The summed E-state index contributed by atoms with van der Waals surface area (Å²) in [4.78, 5) is 38.9. The van der Waals surface area contributed by atoms with E-state index in [-0.39, 0.29) is 24.2 Å². The minimum absolute atomic E-state index is 0.0213. The van der Waals surface area contributed by atoms with Gasteiger partial charge in [-0.2, -0.15) is 4.98 Å². The number of aryl methyl sites for hydroxylation is 3. The van der Waals surface area contributed by atoms with E-state index in [0.717, 1.165) is 47.5 Å². The Balaban J connectivity index is 1.20. The van der Waals surface area contributed by atoms with Crippen LogP contribution in [0.25, 0.3) is 0 Å². The molecule has 0 spiro atoms. The molecule has 0 aliphatic carbocycles. The molecule has 2 saturated heterocycles. The normalized spacial score (nSPS) is 17.7. The van der Waals surface area contributed by atoms with Crippen LogP contribution in [0.3, 0.4) is 0 Å². The molecule has 3 aromatic rings. The van der Waals surface area contributed by atoms with Crippen molar-refractivity contribution in [1.82, 2.24) is 9.97 Å². The van der Waals surface area contributed by atoms with Crippen LogP contribution < -0.4 is 20.4 Å². The lowest BCUT2D eigenvalue weighted by molar-refractivity contribution is -0.122. The number of hydrogen-bond acceptors (Lipinski definition) is 6. The molecule has 0 radical (unpaired) electrons. The lowest BCUT2D eigenvalue weighted by Crippen LogP contribution is -2.31. The van der Waals surface area contributed by atoms with Crippen LogP contribution in [0.4, 0.5) is 28.8 Å². The average molecular weight is 499 g/mol. The molecule has 2 N–H and O–H groups in total. The third-order valence-corrected chi connectivity index (χ3v) is 7.20. The lowest BCUT2D eigenvalue weighted by atomic mass is 10.1. The van der Waals surface area contributed by atoms with Gasteiger partial charge in [0.2, 0.25) is 17.8 Å². The quantitative estimate of drug-likeness (QED) is 0.490. The zero-order valence-corrected chi connectivity index (χ0v) is 21.8. The molecule has 5 rings (SSSR count). The number of nitrogens with one attached hydrogen (secondary N) is 2. The molecule has 1 atom stereocenters. The highest BCUT2D eigenvalue weighted by molar-refractivity contribution is 6.03. The van der Waals surface area contributed by atoms with Crippen LogP contribution in [-0.4, -0.2) is 41.4 Å². The fourth-order valence-corrected chi connectivity index (χ4v) is 4.91. The van der Waals surface area contributed by atoms with Gasteiger partial charge >= 0.3 is 0 Å². The molecule has 2 aromatic carbocycles. The number of anilines is 5. The summed E-state index contributed by atoms with van der Waals surface area (Å²) >= 11 is 0. The van der Waals surface area contributed by atoms with Crippen molar-refractivity contribution < 1.29 is 9.59 Å². The molecule has 2 amide bonds. The first kappa shape index (κ1) is 24.7. The predicted octanol–water partition coefficient (Wildman–Crippen LogP) is 5.13. The maximum atomic E-state index is 12.9. The number of benzene rings is 2. The molecule has 3 heterocycles. The number of aromatic nitrogens is 2. The second-order valence-electron chi connectivity index (χ2n) is 10.1. The summed E-state index contributed by atoms with van der Waals surface area (Å²) < 4.78 is 0. The first-order valence-corrected chi connectivity index (χ1v) is 13.0. The van der Waals surface area contributed by atoms with Gasteiger partial charge < -0.3 is 20.4 Å². The van der Waals surface area contributed by atoms with Crippen molar-refractivity contribution >= 4 is 40.6 Å². The first-order valence-electron chi connectivity index (χ1n) is 13.0. The summed E-state index contributed by atoms with van der Waals surface area (Å²) in [5, 5.41) is 6.33. The van der Waals surface area contributed by atoms with E-state index in [1.165, 1.54) is 24.8 Å². The van der Waals surface area contributed by atoms with Crippen LogP contribution in [0.5, 0.6) is 0 Å². The Kier molecular flexibility index (Phi) is 7.08. The van der Waals surface area contributed by atoms with Crippen LogP contribution in [0.2, 0.25) is 0 Å². The number of rotatable bonds is 6. The number of hydrogen-bond donors (Lipinski definition) is 2. The van der Waals surface area contributed by atoms with Crippen LogP contribution in [0, 0.1) is 26.7 Å². The van der Waals surface area contributed by atoms with Gasteiger partial charge in [-0.3, -0.25) is 9.59 Å². The third-order valence-electron chi connectivity index (χ3n) is 7.20. The maximum absolute atomic E-state index is 12.9. The van der Waals surface area contributed by atoms with Gasteiger partial charge in [0.15, 0.2) is 0 Å². The molecule has 0 bridgehead atoms. The van der Waals surface area contributed by atoms with Gasteiger partial charge in [-0.15, -0.1) is 0 Å². The van der Waals surface area contributed by atoms with Gasteiger partial charge in [0, 0.05) is 54.9 Å². The van der Waals surface area contributed by atoms with E-state index < -0.39 is 0 Å². The molecule has 1 unspecified atom stereocenters. The minimum Gasteiger partial charge on any atom is -0.341 e. The fraction of sp³-hybridized carbons (Fsp3) is 0.379. The van der Waals surface area contributed by atoms with Gasteiger partial charge in [-0.1, -0.05) is 6.07 Å². The maximum Gasteiger partial charge on any atom is 0.229 e. The highest BCUT2D eigenvalue weighted by atomic mass is 16.2. The van der Waals surface area contributed by atoms with Crippen LogP contribution in [-0.2, 0) is 9.59 Å². The largest absolute Gasteiger partial charge is 0.341 e. The summed E-state index contributed by atoms with van der Waals surface area (Å²) in [6.07, 6.45) is 3.82. The van der Waals surface area contributed by atoms with Crippen LogP contribution in [0.15, 0.2) is 48.5 Å². The van der Waals surface area contributed by atoms with E-state index >= 15 is 0 Å². The smallest absolute Gasteiger partial charge is 0.229 e. The summed E-state index contributed by atoms with van der Waals surface area (Å²) in [5.74, 6) is 0.974. The molecular weight excluding hydrogens is 464 g/mol. The van der Waals surface area contributed by atoms with Gasteiger partial charge in [-0.05, 0) is 87.6 Å². The third kappa shape index (κ3) is 5.74. The Morgan fingerprint density at radius 2 is 1.62 bits per heavy atom. The Bertz CT molecular complexity index is 1300. The number of carbonyl (C=O) groups excluding carboxylic acids is 2. The summed E-state index contributed by atoms with van der Waals surface area (Å²) in [7, 11) is 0. The molecule has 37 heavy (non-hydrogen) atoms. The van der Waals surface area contributed by atoms with Crippen molar-refractivity contribution in [2.75, 3.05) is 40.1 Å². The van der Waals surface area contributed by atoms with Crippen molar-refractivity contribution in [3.63, 3.8) is 0 Å². The predicted molar refractivity (Wildman–Crippen MR) is 148 cm³/mol. The molecule has 8 nitrogen and oxygen atoms in total. The zero-order valence-electron chi connectivity index (χ0n) is 21.8.